The highest BCUT2D eigenvalue weighted by atomic mass is 32.1. The third kappa shape index (κ3) is 3.82. The Labute approximate surface area is 200 Å². The molecule has 170 valence electrons. The van der Waals surface area contributed by atoms with E-state index in [4.69, 9.17) is 0 Å². The van der Waals surface area contributed by atoms with Gasteiger partial charge in [-0.1, -0.05) is 60.7 Å². The third-order valence-electron chi connectivity index (χ3n) is 6.08. The van der Waals surface area contributed by atoms with Gasteiger partial charge in [-0.25, -0.2) is 9.78 Å². The molecule has 1 atom stereocenters. The van der Waals surface area contributed by atoms with Gasteiger partial charge in [-0.2, -0.15) is 0 Å². The van der Waals surface area contributed by atoms with Crippen LogP contribution in [0.1, 0.15) is 18.1 Å². The minimum absolute atomic E-state index is 0.396. The van der Waals surface area contributed by atoms with Crippen molar-refractivity contribution < 1.29 is 14.4 Å². The maximum Gasteiger partial charge on any atom is 0.325 e. The summed E-state index contributed by atoms with van der Waals surface area (Å²) in [6.45, 7) is 3.26. The average molecular weight is 471 g/mol. The smallest absolute Gasteiger partial charge is 0.319 e. The number of fused-ring (bicyclic) bond motifs is 1. The molecule has 1 saturated heterocycles. The zero-order chi connectivity index (χ0) is 23.9. The highest BCUT2D eigenvalue weighted by Crippen LogP contribution is 2.31. The molecular formula is C26H22N4O3S. The predicted octanol–water partition coefficient (Wildman–Crippen LogP) is 4.68. The van der Waals surface area contributed by atoms with Crippen LogP contribution in [0.25, 0.3) is 22.0 Å². The third-order valence-corrected chi connectivity index (χ3v) is 6.83. The second-order valence-electron chi connectivity index (χ2n) is 8.41. The van der Waals surface area contributed by atoms with Gasteiger partial charge in [0.1, 0.15) is 12.1 Å². The van der Waals surface area contributed by atoms with Gasteiger partial charge in [-0.05, 0) is 41.8 Å². The fraction of sp³-hybridized carbons (Fsp3) is 0.154. The molecule has 1 aliphatic rings. The number of amides is 4. The van der Waals surface area contributed by atoms with E-state index in [1.807, 2.05) is 79.0 Å². The van der Waals surface area contributed by atoms with Crippen molar-refractivity contribution in [1.29, 1.82) is 0 Å². The van der Waals surface area contributed by atoms with Crippen LogP contribution in [-0.2, 0) is 15.1 Å². The monoisotopic (exact) mass is 470 g/mol. The summed E-state index contributed by atoms with van der Waals surface area (Å²) in [4.78, 5) is 44.0. The number of aryl methyl sites for hydroxylation is 1. The van der Waals surface area contributed by atoms with Gasteiger partial charge in [-0.15, -0.1) is 11.3 Å². The van der Waals surface area contributed by atoms with Crippen LogP contribution in [-0.4, -0.2) is 34.3 Å². The minimum Gasteiger partial charge on any atom is -0.319 e. The summed E-state index contributed by atoms with van der Waals surface area (Å²) in [6.07, 6.45) is 0. The van der Waals surface area contributed by atoms with Gasteiger partial charge >= 0.3 is 6.03 Å². The Morgan fingerprint density at radius 1 is 1.06 bits per heavy atom. The first-order chi connectivity index (χ1) is 16.3. The van der Waals surface area contributed by atoms with Crippen molar-refractivity contribution in [1.82, 2.24) is 15.2 Å². The number of nitrogens with zero attached hydrogens (tertiary/aromatic N) is 2. The van der Waals surface area contributed by atoms with Crippen LogP contribution < -0.4 is 10.6 Å². The van der Waals surface area contributed by atoms with Crippen LogP contribution in [0.15, 0.2) is 72.1 Å². The van der Waals surface area contributed by atoms with Crippen LogP contribution in [0.3, 0.4) is 0 Å². The molecule has 0 spiro atoms. The largest absolute Gasteiger partial charge is 0.325 e. The number of carbonyl (C=O) groups is 3. The number of imide groups is 1. The number of hydrogen-bond donors (Lipinski definition) is 2. The highest BCUT2D eigenvalue weighted by molar-refractivity contribution is 7.14. The molecule has 1 unspecified atom stereocenters. The van der Waals surface area contributed by atoms with Gasteiger partial charge in [0.25, 0.3) is 5.91 Å². The van der Waals surface area contributed by atoms with Gasteiger partial charge < -0.3 is 10.6 Å². The first-order valence-corrected chi connectivity index (χ1v) is 11.7. The second-order valence-corrected chi connectivity index (χ2v) is 9.27. The van der Waals surface area contributed by atoms with Crippen molar-refractivity contribution in [3.63, 3.8) is 0 Å². The summed E-state index contributed by atoms with van der Waals surface area (Å²) >= 11 is 1.29. The first kappa shape index (κ1) is 21.8. The maximum absolute atomic E-state index is 13.2. The molecule has 1 fully saturated rings. The lowest BCUT2D eigenvalue weighted by Crippen LogP contribution is -2.42. The lowest BCUT2D eigenvalue weighted by atomic mass is 9.90. The van der Waals surface area contributed by atoms with Gasteiger partial charge in [-0.3, -0.25) is 14.5 Å². The number of carbonyl (C=O) groups excluding carboxylic acids is 3. The van der Waals surface area contributed by atoms with E-state index in [1.54, 1.807) is 6.92 Å². The Morgan fingerprint density at radius 3 is 2.59 bits per heavy atom. The van der Waals surface area contributed by atoms with Gasteiger partial charge in [0.15, 0.2) is 5.13 Å². The number of anilines is 1. The Morgan fingerprint density at radius 2 is 1.79 bits per heavy atom. The molecule has 34 heavy (non-hydrogen) atoms. The molecule has 4 aromatic rings. The molecule has 0 aliphatic carbocycles. The molecule has 5 rings (SSSR count). The topological polar surface area (TPSA) is 91.4 Å². The molecule has 3 aromatic carbocycles. The van der Waals surface area contributed by atoms with E-state index in [9.17, 15) is 14.4 Å². The summed E-state index contributed by atoms with van der Waals surface area (Å²) in [6, 6.07) is 20.7. The van der Waals surface area contributed by atoms with E-state index in [1.165, 1.54) is 11.3 Å². The zero-order valence-corrected chi connectivity index (χ0v) is 19.5. The number of benzene rings is 3. The van der Waals surface area contributed by atoms with Crippen LogP contribution in [0, 0.1) is 6.92 Å². The second kappa shape index (κ2) is 8.39. The summed E-state index contributed by atoms with van der Waals surface area (Å²) in [7, 11) is 0. The van der Waals surface area contributed by atoms with Crippen LogP contribution in [0.5, 0.6) is 0 Å². The number of hydrogen-bond acceptors (Lipinski definition) is 5. The number of nitrogens with one attached hydrogen (secondary N) is 2. The van der Waals surface area contributed by atoms with E-state index < -0.39 is 29.9 Å². The average Bonchev–Trinajstić information content (AvgIpc) is 3.37. The molecule has 8 heteroatoms. The predicted molar refractivity (Wildman–Crippen MR) is 132 cm³/mol. The van der Waals surface area contributed by atoms with E-state index in [-0.39, 0.29) is 0 Å². The standard InChI is InChI=1S/C26H22N4O3S/c1-16-7-3-6-10-20(16)21-15-34-24(27-21)28-22(31)14-30-23(32)26(2,29-25(30)33)19-12-11-17-8-4-5-9-18(17)13-19/h3-13,15H,14H2,1-2H3,(H,29,33)(H,27,28,31). The zero-order valence-electron chi connectivity index (χ0n) is 18.7. The summed E-state index contributed by atoms with van der Waals surface area (Å²) in [5, 5.41) is 9.74. The van der Waals surface area contributed by atoms with Gasteiger partial charge in [0, 0.05) is 10.9 Å². The minimum atomic E-state index is -1.25. The molecule has 1 aromatic heterocycles. The number of thiazole rings is 1. The van der Waals surface area contributed by atoms with Crippen LogP contribution in [0.4, 0.5) is 9.93 Å². The van der Waals surface area contributed by atoms with Crippen molar-refractivity contribution >= 4 is 45.1 Å². The fourth-order valence-corrected chi connectivity index (χ4v) is 4.88. The molecule has 1 aliphatic heterocycles. The van der Waals surface area contributed by atoms with E-state index >= 15 is 0 Å². The number of urea groups is 1. The lowest BCUT2D eigenvalue weighted by Gasteiger charge is -2.22. The highest BCUT2D eigenvalue weighted by Gasteiger charge is 2.49. The van der Waals surface area contributed by atoms with Crippen LogP contribution in [0.2, 0.25) is 0 Å². The van der Waals surface area contributed by atoms with Crippen LogP contribution >= 0.6 is 11.3 Å². The van der Waals surface area contributed by atoms with Crippen molar-refractivity contribution in [2.45, 2.75) is 19.4 Å². The Hall–Kier alpha value is -4.04. The Kier molecular flexibility index (Phi) is 5.37. The quantitative estimate of drug-likeness (QED) is 0.415. The number of aromatic nitrogens is 1. The van der Waals surface area contributed by atoms with Crippen molar-refractivity contribution in [3.05, 3.63) is 83.2 Å². The number of rotatable bonds is 5. The maximum atomic E-state index is 13.2. The molecule has 0 bridgehead atoms. The van der Waals surface area contributed by atoms with Crippen molar-refractivity contribution in [2.24, 2.45) is 0 Å². The summed E-state index contributed by atoms with van der Waals surface area (Å²) in [5.74, 6) is -0.959. The van der Waals surface area contributed by atoms with Crippen molar-refractivity contribution in [3.8, 4) is 11.3 Å². The van der Waals surface area contributed by atoms with Crippen molar-refractivity contribution in [2.75, 3.05) is 11.9 Å². The SMILES string of the molecule is Cc1ccccc1-c1csc(NC(=O)CN2C(=O)NC(C)(c3ccc4ccccc4c3)C2=O)n1. The lowest BCUT2D eigenvalue weighted by molar-refractivity contribution is -0.133. The van der Waals surface area contributed by atoms with Gasteiger partial charge in [0.05, 0.1) is 5.69 Å². The molecule has 4 amide bonds. The summed E-state index contributed by atoms with van der Waals surface area (Å²) < 4.78 is 0. The van der Waals surface area contributed by atoms with E-state index in [2.05, 4.69) is 15.6 Å². The van der Waals surface area contributed by atoms with Gasteiger partial charge in [0.2, 0.25) is 5.91 Å². The normalized spacial score (nSPS) is 17.8. The first-order valence-electron chi connectivity index (χ1n) is 10.8. The van der Waals surface area contributed by atoms with E-state index in [0.717, 1.165) is 32.5 Å². The summed E-state index contributed by atoms with van der Waals surface area (Å²) in [5.41, 5.74) is 2.24. The molecule has 2 heterocycles. The molecule has 2 N–H and O–H groups in total. The molecule has 0 radical (unpaired) electrons. The molecule has 0 saturated carbocycles. The molecular weight excluding hydrogens is 448 g/mol. The Balaban J connectivity index is 1.31. The van der Waals surface area contributed by atoms with E-state index in [0.29, 0.717) is 10.7 Å². The Bertz CT molecular complexity index is 1450. The molecule has 7 nitrogen and oxygen atoms in total. The fourth-order valence-electron chi connectivity index (χ4n) is 4.15.